The Balaban J connectivity index is 1.97. The van der Waals surface area contributed by atoms with Gasteiger partial charge >= 0.3 is 0 Å². The molecule has 0 aromatic heterocycles. The van der Waals surface area contributed by atoms with E-state index < -0.39 is 10.0 Å². The van der Waals surface area contributed by atoms with Gasteiger partial charge in [0.15, 0.2) is 0 Å². The van der Waals surface area contributed by atoms with Gasteiger partial charge in [0.25, 0.3) is 0 Å². The molecular weight excluding hydrogens is 284 g/mol. The summed E-state index contributed by atoms with van der Waals surface area (Å²) in [5.74, 6) is 0.657. The molecule has 6 heteroatoms. The van der Waals surface area contributed by atoms with Crippen LogP contribution in [0.15, 0.2) is 23.1 Å². The van der Waals surface area contributed by atoms with Crippen LogP contribution in [0, 0.1) is 5.92 Å². The third kappa shape index (κ3) is 3.84. The molecule has 4 nitrogen and oxygen atoms in total. The molecule has 1 aliphatic rings. The molecule has 1 saturated carbocycles. The predicted molar refractivity (Wildman–Crippen MR) is 77.6 cm³/mol. The molecule has 0 unspecified atom stereocenters. The molecule has 19 heavy (non-hydrogen) atoms. The molecule has 1 aromatic carbocycles. The summed E-state index contributed by atoms with van der Waals surface area (Å²) in [6.45, 7) is 0.466. The van der Waals surface area contributed by atoms with Crippen molar-refractivity contribution >= 4 is 27.3 Å². The SMILES string of the molecule is Nc1ccc(S(=O)(=O)NCCC2CCCC2)c(Cl)c1. The summed E-state index contributed by atoms with van der Waals surface area (Å²) in [5, 5.41) is 0.161. The van der Waals surface area contributed by atoms with Crippen molar-refractivity contribution in [3.05, 3.63) is 23.2 Å². The highest BCUT2D eigenvalue weighted by atomic mass is 35.5. The van der Waals surface area contributed by atoms with E-state index >= 15 is 0 Å². The lowest BCUT2D eigenvalue weighted by Crippen LogP contribution is -2.26. The van der Waals surface area contributed by atoms with Crippen LogP contribution in [0.4, 0.5) is 5.69 Å². The largest absolute Gasteiger partial charge is 0.399 e. The van der Waals surface area contributed by atoms with Crippen molar-refractivity contribution in [2.24, 2.45) is 5.92 Å². The van der Waals surface area contributed by atoms with Gasteiger partial charge in [-0.25, -0.2) is 13.1 Å². The summed E-state index contributed by atoms with van der Waals surface area (Å²) >= 11 is 5.92. The molecule has 0 radical (unpaired) electrons. The van der Waals surface area contributed by atoms with Gasteiger partial charge in [-0.15, -0.1) is 0 Å². The zero-order valence-electron chi connectivity index (χ0n) is 10.7. The van der Waals surface area contributed by atoms with Crippen LogP contribution in [0.2, 0.25) is 5.02 Å². The standard InChI is InChI=1S/C13H19ClN2O2S/c14-12-9-11(15)5-6-13(12)19(17,18)16-8-7-10-3-1-2-4-10/h5-6,9-10,16H,1-4,7-8,15H2. The van der Waals surface area contributed by atoms with Crippen LogP contribution in [0.3, 0.4) is 0 Å². The Labute approximate surface area is 119 Å². The number of hydrogen-bond acceptors (Lipinski definition) is 3. The highest BCUT2D eigenvalue weighted by Gasteiger charge is 2.19. The van der Waals surface area contributed by atoms with Crippen molar-refractivity contribution < 1.29 is 8.42 Å². The Morgan fingerprint density at radius 3 is 2.63 bits per heavy atom. The van der Waals surface area contributed by atoms with Gasteiger partial charge in [0.05, 0.1) is 5.02 Å². The number of rotatable bonds is 5. The fraction of sp³-hybridized carbons (Fsp3) is 0.538. The van der Waals surface area contributed by atoms with Crippen LogP contribution >= 0.6 is 11.6 Å². The molecule has 1 aliphatic carbocycles. The first kappa shape index (κ1) is 14.6. The second kappa shape index (κ2) is 6.11. The number of nitrogens with two attached hydrogens (primary N) is 1. The third-order valence-electron chi connectivity index (χ3n) is 3.56. The Hall–Kier alpha value is -0.780. The van der Waals surface area contributed by atoms with Crippen LogP contribution in [-0.4, -0.2) is 15.0 Å². The lowest BCUT2D eigenvalue weighted by molar-refractivity contribution is 0.495. The number of halogens is 1. The highest BCUT2D eigenvalue weighted by Crippen LogP contribution is 2.27. The van der Waals surface area contributed by atoms with Gasteiger partial charge in [0.2, 0.25) is 10.0 Å². The van der Waals surface area contributed by atoms with Crippen molar-refractivity contribution in [1.82, 2.24) is 4.72 Å². The Morgan fingerprint density at radius 2 is 2.00 bits per heavy atom. The zero-order valence-corrected chi connectivity index (χ0v) is 12.3. The van der Waals surface area contributed by atoms with Crippen molar-refractivity contribution in [2.45, 2.75) is 37.0 Å². The van der Waals surface area contributed by atoms with E-state index in [2.05, 4.69) is 4.72 Å². The molecule has 0 saturated heterocycles. The second-order valence-electron chi connectivity index (χ2n) is 5.03. The van der Waals surface area contributed by atoms with Crippen LogP contribution in [0.5, 0.6) is 0 Å². The molecular formula is C13H19ClN2O2S. The first-order valence-corrected chi connectivity index (χ1v) is 8.40. The molecule has 0 atom stereocenters. The van der Waals surface area contributed by atoms with E-state index in [0.717, 1.165) is 6.42 Å². The maximum Gasteiger partial charge on any atom is 0.242 e. The predicted octanol–water partition coefficient (Wildman–Crippen LogP) is 2.78. The van der Waals surface area contributed by atoms with E-state index in [4.69, 9.17) is 17.3 Å². The van der Waals surface area contributed by atoms with Crippen molar-refractivity contribution in [2.75, 3.05) is 12.3 Å². The van der Waals surface area contributed by atoms with Gasteiger partial charge in [-0.2, -0.15) is 0 Å². The summed E-state index contributed by atoms with van der Waals surface area (Å²) in [6, 6.07) is 4.43. The van der Waals surface area contributed by atoms with E-state index in [0.29, 0.717) is 18.2 Å². The molecule has 0 spiro atoms. The smallest absolute Gasteiger partial charge is 0.242 e. The second-order valence-corrected chi connectivity index (χ2v) is 7.17. The number of nitrogen functional groups attached to an aromatic ring is 1. The summed E-state index contributed by atoms with van der Waals surface area (Å²) in [5.41, 5.74) is 6.01. The zero-order chi connectivity index (χ0) is 13.9. The molecule has 1 aromatic rings. The minimum Gasteiger partial charge on any atom is -0.399 e. The van der Waals surface area contributed by atoms with E-state index in [-0.39, 0.29) is 9.92 Å². The summed E-state index contributed by atoms with van der Waals surface area (Å²) in [7, 11) is -3.54. The molecule has 0 amide bonds. The fourth-order valence-electron chi connectivity index (χ4n) is 2.51. The Bertz CT molecular complexity index is 540. The van der Waals surface area contributed by atoms with E-state index in [9.17, 15) is 8.42 Å². The van der Waals surface area contributed by atoms with Crippen LogP contribution in [0.1, 0.15) is 32.1 Å². The first-order chi connectivity index (χ1) is 8.99. The van der Waals surface area contributed by atoms with Gasteiger partial charge in [-0.05, 0) is 30.5 Å². The van der Waals surface area contributed by atoms with Gasteiger partial charge in [0, 0.05) is 12.2 Å². The van der Waals surface area contributed by atoms with Gasteiger partial charge in [-0.1, -0.05) is 37.3 Å². The van der Waals surface area contributed by atoms with E-state index in [1.54, 1.807) is 0 Å². The quantitative estimate of drug-likeness (QED) is 0.822. The van der Waals surface area contributed by atoms with Crippen LogP contribution < -0.4 is 10.5 Å². The normalized spacial score (nSPS) is 16.9. The van der Waals surface area contributed by atoms with Crippen LogP contribution in [-0.2, 0) is 10.0 Å². The number of sulfonamides is 1. The molecule has 1 fully saturated rings. The minimum atomic E-state index is -3.54. The molecule has 106 valence electrons. The van der Waals surface area contributed by atoms with E-state index in [1.807, 2.05) is 0 Å². The van der Waals surface area contributed by atoms with Crippen molar-refractivity contribution in [3.8, 4) is 0 Å². The summed E-state index contributed by atoms with van der Waals surface area (Å²) in [6.07, 6.45) is 5.85. The summed E-state index contributed by atoms with van der Waals surface area (Å²) in [4.78, 5) is 0.0924. The molecule has 3 N–H and O–H groups in total. The van der Waals surface area contributed by atoms with Crippen molar-refractivity contribution in [3.63, 3.8) is 0 Å². The number of nitrogens with one attached hydrogen (secondary N) is 1. The summed E-state index contributed by atoms with van der Waals surface area (Å²) < 4.78 is 26.8. The highest BCUT2D eigenvalue weighted by molar-refractivity contribution is 7.89. The lowest BCUT2D eigenvalue weighted by atomic mass is 10.1. The number of anilines is 1. The molecule has 2 rings (SSSR count). The Morgan fingerprint density at radius 1 is 1.32 bits per heavy atom. The number of benzene rings is 1. The molecule has 0 aliphatic heterocycles. The topological polar surface area (TPSA) is 72.2 Å². The maximum atomic E-state index is 12.1. The average Bonchev–Trinajstić information content (AvgIpc) is 2.81. The molecule has 0 bridgehead atoms. The molecule has 0 heterocycles. The van der Waals surface area contributed by atoms with E-state index in [1.165, 1.54) is 43.9 Å². The van der Waals surface area contributed by atoms with Crippen molar-refractivity contribution in [1.29, 1.82) is 0 Å². The first-order valence-electron chi connectivity index (χ1n) is 6.54. The Kier molecular flexibility index (Phi) is 4.71. The third-order valence-corrected chi connectivity index (χ3v) is 5.51. The lowest BCUT2D eigenvalue weighted by Gasteiger charge is -2.11. The number of hydrogen-bond donors (Lipinski definition) is 2. The van der Waals surface area contributed by atoms with Gasteiger partial charge < -0.3 is 5.73 Å². The minimum absolute atomic E-state index is 0.0924. The monoisotopic (exact) mass is 302 g/mol. The average molecular weight is 303 g/mol. The van der Waals surface area contributed by atoms with Crippen LogP contribution in [0.25, 0.3) is 0 Å². The fourth-order valence-corrected chi connectivity index (χ4v) is 4.11. The van der Waals surface area contributed by atoms with Gasteiger partial charge in [-0.3, -0.25) is 0 Å². The van der Waals surface area contributed by atoms with Gasteiger partial charge in [0.1, 0.15) is 4.90 Å². The maximum absolute atomic E-state index is 12.1.